The van der Waals surface area contributed by atoms with Crippen molar-refractivity contribution in [3.05, 3.63) is 41.6 Å². The maximum atomic E-state index is 17.0. The number of nitrogens with zero attached hydrogens (tertiary/aromatic N) is 5. The average molecular weight is 707 g/mol. The Morgan fingerprint density at radius 3 is 2.72 bits per heavy atom. The van der Waals surface area contributed by atoms with E-state index in [0.717, 1.165) is 43.7 Å². The lowest BCUT2D eigenvalue weighted by molar-refractivity contribution is -0.275. The molecule has 16 heteroatoms. The molecule has 9 nitrogen and oxygen atoms in total. The summed E-state index contributed by atoms with van der Waals surface area (Å²) in [6, 6.07) is 3.87. The molecule has 0 saturated carbocycles. The maximum Gasteiger partial charge on any atom is 0.573 e. The van der Waals surface area contributed by atoms with Crippen LogP contribution in [-0.4, -0.2) is 88.7 Å². The number of aromatic hydroxyl groups is 1. The van der Waals surface area contributed by atoms with E-state index in [1.54, 1.807) is 0 Å². The van der Waals surface area contributed by atoms with Gasteiger partial charge >= 0.3 is 12.4 Å². The van der Waals surface area contributed by atoms with E-state index < -0.39 is 52.5 Å². The van der Waals surface area contributed by atoms with Crippen LogP contribution < -0.4 is 19.7 Å². The number of phenolic OH excluding ortho intramolecular Hbond substituents is 1. The second-order valence-electron chi connectivity index (χ2n) is 13.6. The minimum atomic E-state index is -5.27. The van der Waals surface area contributed by atoms with E-state index in [-0.39, 0.29) is 47.5 Å². The van der Waals surface area contributed by atoms with Crippen molar-refractivity contribution in [3.8, 4) is 28.8 Å². The minimum Gasteiger partial charge on any atom is -0.508 e. The molecule has 6 heterocycles. The number of phenols is 1. The predicted octanol–water partition coefficient (Wildman–Crippen LogP) is 6.34. The first kappa shape index (κ1) is 33.0. The van der Waals surface area contributed by atoms with E-state index in [9.17, 15) is 31.4 Å². The van der Waals surface area contributed by atoms with Gasteiger partial charge in [0.1, 0.15) is 29.4 Å². The molecule has 3 unspecified atom stereocenters. The van der Waals surface area contributed by atoms with Crippen molar-refractivity contribution in [3.63, 3.8) is 0 Å². The van der Waals surface area contributed by atoms with Crippen LogP contribution in [0.2, 0.25) is 0 Å². The summed E-state index contributed by atoms with van der Waals surface area (Å²) < 4.78 is 109. The lowest BCUT2D eigenvalue weighted by Gasteiger charge is -2.36. The quantitative estimate of drug-likeness (QED) is 0.214. The first-order chi connectivity index (χ1) is 23.9. The molecule has 50 heavy (non-hydrogen) atoms. The zero-order chi connectivity index (χ0) is 34.9. The molecule has 8 rings (SSSR count). The van der Waals surface area contributed by atoms with Crippen LogP contribution in [0.5, 0.6) is 17.5 Å². The van der Waals surface area contributed by atoms with Gasteiger partial charge in [0.25, 0.3) is 0 Å². The van der Waals surface area contributed by atoms with Crippen LogP contribution in [0, 0.1) is 17.6 Å². The molecular weight excluding hydrogens is 673 g/mol. The van der Waals surface area contributed by atoms with Crippen molar-refractivity contribution >= 4 is 27.5 Å². The molecule has 0 radical (unpaired) electrons. The molecule has 2 aromatic heterocycles. The van der Waals surface area contributed by atoms with Gasteiger partial charge in [-0.2, -0.15) is 9.97 Å². The molecule has 266 valence electrons. The van der Waals surface area contributed by atoms with Gasteiger partial charge in [0.15, 0.2) is 17.4 Å². The Kier molecular flexibility index (Phi) is 8.08. The number of benzene rings is 2. The molecule has 0 bridgehead atoms. The van der Waals surface area contributed by atoms with Crippen LogP contribution in [-0.2, 0) is 6.42 Å². The number of nitrogens with one attached hydrogen (secondary N) is 1. The molecule has 3 saturated heterocycles. The monoisotopic (exact) mass is 706 g/mol. The maximum absolute atomic E-state index is 17.0. The van der Waals surface area contributed by atoms with E-state index in [1.165, 1.54) is 0 Å². The number of alkyl halides is 5. The number of anilines is 1. The summed E-state index contributed by atoms with van der Waals surface area (Å²) in [6.07, 6.45) is -4.84. The van der Waals surface area contributed by atoms with Gasteiger partial charge < -0.3 is 24.8 Å². The van der Waals surface area contributed by atoms with Crippen LogP contribution >= 0.6 is 0 Å². The highest BCUT2D eigenvalue weighted by Gasteiger charge is 2.49. The molecule has 3 fully saturated rings. The van der Waals surface area contributed by atoms with E-state index >= 15 is 4.39 Å². The van der Waals surface area contributed by atoms with E-state index in [2.05, 4.69) is 24.9 Å². The highest BCUT2D eigenvalue weighted by atomic mass is 19.4. The van der Waals surface area contributed by atoms with Gasteiger partial charge in [0, 0.05) is 49.6 Å². The highest BCUT2D eigenvalue weighted by molar-refractivity contribution is 6.04. The molecule has 0 aliphatic carbocycles. The number of hydrogen-bond donors (Lipinski definition) is 2. The number of aryl methyl sites for hydroxylation is 1. The third kappa shape index (κ3) is 5.79. The minimum absolute atomic E-state index is 0.0366. The number of fused-ring (bicyclic) bond motifs is 4. The molecule has 2 aromatic carbocycles. The lowest BCUT2D eigenvalue weighted by Crippen LogP contribution is -2.51. The summed E-state index contributed by atoms with van der Waals surface area (Å²) in [5, 5.41) is 13.8. The Labute approximate surface area is 281 Å². The molecule has 3 atom stereocenters. The van der Waals surface area contributed by atoms with Gasteiger partial charge in [0.05, 0.1) is 16.6 Å². The molecular formula is C34H33F7N6O3. The summed E-state index contributed by atoms with van der Waals surface area (Å²) in [7, 11) is 0. The summed E-state index contributed by atoms with van der Waals surface area (Å²) in [6.45, 7) is 3.17. The second kappa shape index (κ2) is 12.2. The number of ether oxygens (including phenoxy) is 2. The molecule has 2 N–H and O–H groups in total. The van der Waals surface area contributed by atoms with E-state index in [4.69, 9.17) is 9.72 Å². The van der Waals surface area contributed by atoms with Crippen LogP contribution in [0.4, 0.5) is 36.6 Å². The van der Waals surface area contributed by atoms with E-state index in [0.29, 0.717) is 62.3 Å². The summed E-state index contributed by atoms with van der Waals surface area (Å²) in [5.41, 5.74) is -1.08. The summed E-state index contributed by atoms with van der Waals surface area (Å²) in [4.78, 5) is 18.1. The smallest absolute Gasteiger partial charge is 0.508 e. The fraction of sp³-hybridized carbons (Fsp3) is 0.500. The molecule has 4 aliphatic rings. The molecule has 0 amide bonds. The topological polar surface area (TPSA) is 95.9 Å². The Morgan fingerprint density at radius 2 is 1.92 bits per heavy atom. The van der Waals surface area contributed by atoms with Gasteiger partial charge in [-0.1, -0.05) is 6.07 Å². The van der Waals surface area contributed by atoms with Gasteiger partial charge in [-0.25, -0.2) is 22.5 Å². The number of halogens is 7. The number of pyridine rings is 1. The molecule has 4 aliphatic heterocycles. The van der Waals surface area contributed by atoms with Crippen LogP contribution in [0.3, 0.4) is 0 Å². The Bertz CT molecular complexity index is 1980. The first-order valence-corrected chi connectivity index (χ1v) is 16.6. The van der Waals surface area contributed by atoms with Crippen LogP contribution in [0.25, 0.3) is 32.9 Å². The fourth-order valence-electron chi connectivity index (χ4n) is 8.49. The molecule has 0 spiro atoms. The summed E-state index contributed by atoms with van der Waals surface area (Å²) in [5.74, 6) is -3.76. The Morgan fingerprint density at radius 1 is 1.08 bits per heavy atom. The van der Waals surface area contributed by atoms with Crippen molar-refractivity contribution in [1.82, 2.24) is 25.2 Å². The van der Waals surface area contributed by atoms with Crippen molar-refractivity contribution in [2.45, 2.75) is 62.9 Å². The Hall–Kier alpha value is -4.18. The average Bonchev–Trinajstić information content (AvgIpc) is 3.55. The predicted molar refractivity (Wildman–Crippen MR) is 169 cm³/mol. The van der Waals surface area contributed by atoms with E-state index in [1.807, 2.05) is 4.90 Å². The van der Waals surface area contributed by atoms with Gasteiger partial charge in [-0.15, -0.1) is 13.2 Å². The van der Waals surface area contributed by atoms with Gasteiger partial charge in [0.2, 0.25) is 6.43 Å². The zero-order valence-electron chi connectivity index (χ0n) is 26.7. The SMILES string of the molecule is Oc1cc(-c2nc3c4c(nc(OCC56CCCN5CC(CC(F)F)C6)nc4c2F)N2CCNCC2CC3)c2c(OC(F)(F)F)c(F)ccc2c1. The Balaban J connectivity index is 1.28. The van der Waals surface area contributed by atoms with Crippen LogP contribution in [0.1, 0.15) is 37.8 Å². The molecule has 4 aromatic rings. The normalized spacial score (nSPS) is 23.8. The standard InChI is InChI=1S/C34H33F7N6O3/c35-22-4-2-18-11-20(48)12-21(25(18)30(22)50-34(39,40)41)28-27(38)29-26-23(43-28)5-3-19-14-42-7-9-47(19)31(26)45-32(44-29)49-16-33-6-1-8-46(33)15-17(13-33)10-24(36)37/h2,4,11-12,17,19,24,42,48H,1,3,5-10,13-16H2. The van der Waals surface area contributed by atoms with Crippen molar-refractivity contribution < 1.29 is 45.3 Å². The fourth-order valence-corrected chi connectivity index (χ4v) is 8.49. The highest BCUT2D eigenvalue weighted by Crippen LogP contribution is 2.46. The number of piperazine rings is 1. The van der Waals surface area contributed by atoms with Crippen molar-refractivity contribution in [1.29, 1.82) is 0 Å². The van der Waals surface area contributed by atoms with Gasteiger partial charge in [-0.05, 0) is 68.2 Å². The third-order valence-corrected chi connectivity index (χ3v) is 10.5. The van der Waals surface area contributed by atoms with Crippen molar-refractivity contribution in [2.75, 3.05) is 44.2 Å². The largest absolute Gasteiger partial charge is 0.573 e. The van der Waals surface area contributed by atoms with Crippen LogP contribution in [0.15, 0.2) is 24.3 Å². The number of hydrogen-bond acceptors (Lipinski definition) is 9. The third-order valence-electron chi connectivity index (χ3n) is 10.5. The lowest BCUT2D eigenvalue weighted by atomic mass is 9.89. The van der Waals surface area contributed by atoms with Crippen molar-refractivity contribution in [2.24, 2.45) is 5.92 Å². The number of rotatable bonds is 7. The number of aromatic nitrogens is 3. The second-order valence-corrected chi connectivity index (χ2v) is 13.6. The summed E-state index contributed by atoms with van der Waals surface area (Å²) >= 11 is 0. The van der Waals surface area contributed by atoms with Gasteiger partial charge in [-0.3, -0.25) is 4.90 Å². The zero-order valence-corrected chi connectivity index (χ0v) is 26.7. The first-order valence-electron chi connectivity index (χ1n) is 16.6.